The maximum atomic E-state index is 4.72. The van der Waals surface area contributed by atoms with Gasteiger partial charge in [0.2, 0.25) is 0 Å². The third-order valence-corrected chi connectivity index (χ3v) is 8.18. The molecule has 2 rings (SSSR count). The number of hydrogen-bond acceptors (Lipinski definition) is 2. The Morgan fingerprint density at radius 3 is 2.18 bits per heavy atom. The zero-order valence-corrected chi connectivity index (χ0v) is 17.2. The first-order chi connectivity index (χ1) is 10.00. The van der Waals surface area contributed by atoms with Crippen molar-refractivity contribution in [3.63, 3.8) is 0 Å². The molecule has 0 radical (unpaired) electrons. The summed E-state index contributed by atoms with van der Waals surface area (Å²) in [6.07, 6.45) is 4.25. The van der Waals surface area contributed by atoms with Gasteiger partial charge in [-0.3, -0.25) is 0 Å². The molecule has 0 aliphatic carbocycles. The molecule has 2 aromatic heterocycles. The molecular formula is C18H28GeN3+. The van der Waals surface area contributed by atoms with Crippen LogP contribution in [0.3, 0.4) is 0 Å². The fourth-order valence-electron chi connectivity index (χ4n) is 2.41. The molecule has 3 nitrogen and oxygen atoms in total. The summed E-state index contributed by atoms with van der Waals surface area (Å²) in [6, 6.07) is 4.50. The van der Waals surface area contributed by atoms with Crippen LogP contribution in [0.15, 0.2) is 24.5 Å². The summed E-state index contributed by atoms with van der Waals surface area (Å²) in [7, 11) is 2.12. The van der Waals surface area contributed by atoms with Crippen LogP contribution in [-0.2, 0) is 12.5 Å². The minimum atomic E-state index is -1.79. The van der Waals surface area contributed by atoms with E-state index in [0.29, 0.717) is 0 Å². The van der Waals surface area contributed by atoms with Gasteiger partial charge >= 0.3 is 137 Å². The van der Waals surface area contributed by atoms with Gasteiger partial charge in [-0.1, -0.05) is 0 Å². The molecular weight excluding hydrogens is 331 g/mol. The molecule has 0 saturated carbocycles. The van der Waals surface area contributed by atoms with E-state index in [2.05, 4.69) is 79.9 Å². The van der Waals surface area contributed by atoms with Gasteiger partial charge in [0.25, 0.3) is 0 Å². The number of aryl methyl sites for hydroxylation is 2. The second-order valence-corrected chi connectivity index (χ2v) is 18.8. The first kappa shape index (κ1) is 17.1. The summed E-state index contributed by atoms with van der Waals surface area (Å²) < 4.78 is 3.73. The predicted molar refractivity (Wildman–Crippen MR) is 95.1 cm³/mol. The molecule has 0 unspecified atom stereocenters. The quantitative estimate of drug-likeness (QED) is 0.609. The molecule has 2 heterocycles. The van der Waals surface area contributed by atoms with Crippen molar-refractivity contribution in [1.82, 2.24) is 9.97 Å². The second kappa shape index (κ2) is 5.76. The predicted octanol–water partition coefficient (Wildman–Crippen LogP) is 3.12. The topological polar surface area (TPSA) is 29.7 Å². The van der Waals surface area contributed by atoms with Crippen LogP contribution in [0.4, 0.5) is 0 Å². The molecule has 118 valence electrons. The molecule has 0 fully saturated rings. The molecule has 0 aliphatic rings. The first-order valence-corrected chi connectivity index (χ1v) is 15.2. The zero-order chi connectivity index (χ0) is 16.7. The summed E-state index contributed by atoms with van der Waals surface area (Å²) in [5.41, 5.74) is 3.31. The van der Waals surface area contributed by atoms with Crippen molar-refractivity contribution in [3.8, 4) is 11.3 Å². The Labute approximate surface area is 137 Å². The van der Waals surface area contributed by atoms with Gasteiger partial charge in [-0.25, -0.2) is 0 Å². The monoisotopic (exact) mass is 360 g/mol. The average Bonchev–Trinajstić information content (AvgIpc) is 2.37. The third kappa shape index (κ3) is 3.57. The summed E-state index contributed by atoms with van der Waals surface area (Å²) in [4.78, 5) is 9.31. The Morgan fingerprint density at radius 1 is 1.09 bits per heavy atom. The van der Waals surface area contributed by atoms with Crippen molar-refractivity contribution in [1.29, 1.82) is 0 Å². The van der Waals surface area contributed by atoms with Gasteiger partial charge in [0.05, 0.1) is 0 Å². The molecule has 2 aromatic rings. The summed E-state index contributed by atoms with van der Waals surface area (Å²) >= 11 is -1.79. The Morgan fingerprint density at radius 2 is 1.73 bits per heavy atom. The van der Waals surface area contributed by atoms with Gasteiger partial charge in [-0.2, -0.15) is 0 Å². The fourth-order valence-corrected chi connectivity index (χ4v) is 4.85. The minimum absolute atomic E-state index is 0.0187. The normalized spacial score (nSPS) is 12.5. The van der Waals surface area contributed by atoms with Gasteiger partial charge in [0.15, 0.2) is 0 Å². The number of hydrogen-bond donors (Lipinski definition) is 0. The molecule has 0 N–H and O–H groups in total. The molecule has 22 heavy (non-hydrogen) atoms. The molecule has 4 heteroatoms. The van der Waals surface area contributed by atoms with Gasteiger partial charge in [-0.15, -0.1) is 0 Å². The van der Waals surface area contributed by atoms with Crippen LogP contribution >= 0.6 is 0 Å². The van der Waals surface area contributed by atoms with Crippen LogP contribution in [0.2, 0.25) is 17.3 Å². The van der Waals surface area contributed by atoms with E-state index >= 15 is 0 Å². The van der Waals surface area contributed by atoms with Crippen molar-refractivity contribution < 1.29 is 4.57 Å². The molecule has 0 aliphatic heterocycles. The molecule has 0 bridgehead atoms. The van der Waals surface area contributed by atoms with Crippen LogP contribution < -0.4 is 8.96 Å². The van der Waals surface area contributed by atoms with E-state index in [-0.39, 0.29) is 5.41 Å². The van der Waals surface area contributed by atoms with E-state index in [0.717, 1.165) is 17.1 Å². The van der Waals surface area contributed by atoms with Crippen LogP contribution in [0.1, 0.15) is 32.3 Å². The molecule has 0 saturated heterocycles. The van der Waals surface area contributed by atoms with Gasteiger partial charge in [0.1, 0.15) is 0 Å². The van der Waals surface area contributed by atoms with E-state index in [1.807, 2.05) is 6.20 Å². The van der Waals surface area contributed by atoms with Crippen molar-refractivity contribution in [2.45, 2.75) is 50.4 Å². The summed E-state index contributed by atoms with van der Waals surface area (Å²) in [5, 5.41) is 0. The van der Waals surface area contributed by atoms with Gasteiger partial charge in [0, 0.05) is 0 Å². The Kier molecular flexibility index (Phi) is 4.49. The van der Waals surface area contributed by atoms with Crippen LogP contribution in [0, 0.1) is 6.92 Å². The van der Waals surface area contributed by atoms with E-state index in [9.17, 15) is 0 Å². The van der Waals surface area contributed by atoms with E-state index < -0.39 is 13.3 Å². The van der Waals surface area contributed by atoms with Gasteiger partial charge < -0.3 is 0 Å². The summed E-state index contributed by atoms with van der Waals surface area (Å²) in [6.45, 7) is 8.51. The molecule has 0 aromatic carbocycles. The Bertz CT molecular complexity index is 633. The number of rotatable bonds is 2. The fraction of sp³-hybridized carbons (Fsp3) is 0.500. The van der Waals surface area contributed by atoms with Crippen molar-refractivity contribution in [2.75, 3.05) is 0 Å². The van der Waals surface area contributed by atoms with E-state index in [1.165, 1.54) is 10.1 Å². The standard InChI is InChI=1S/C18H28GeN3/c1-13-15(11-20-17(21-13)18(2,3)4)16-10-9-14(12-22(16)8)19(5,6)7/h9-12H,1-8H3/q+1. The van der Waals surface area contributed by atoms with Gasteiger partial charge in [-0.05, 0) is 0 Å². The SMILES string of the molecule is Cc1nc(C(C)(C)C)ncc1-c1cc[c]([Ge]([CH3])([CH3])[CH3])c[n+]1C. The zero-order valence-electron chi connectivity index (χ0n) is 15.2. The average molecular weight is 359 g/mol. The third-order valence-electron chi connectivity index (χ3n) is 3.93. The molecule has 0 spiro atoms. The molecule has 0 amide bonds. The molecule has 0 atom stereocenters. The van der Waals surface area contributed by atoms with Crippen molar-refractivity contribution in [2.24, 2.45) is 7.05 Å². The van der Waals surface area contributed by atoms with Crippen LogP contribution in [-0.4, -0.2) is 23.2 Å². The van der Waals surface area contributed by atoms with Crippen molar-refractivity contribution >= 4 is 17.7 Å². The Hall–Kier alpha value is -1.23. The second-order valence-electron chi connectivity index (χ2n) is 8.11. The summed E-state index contributed by atoms with van der Waals surface area (Å²) in [5.74, 6) is 8.16. The van der Waals surface area contributed by atoms with E-state index in [1.54, 1.807) is 0 Å². The number of aromatic nitrogens is 3. The van der Waals surface area contributed by atoms with Crippen LogP contribution in [0.5, 0.6) is 0 Å². The maximum absolute atomic E-state index is 4.72. The first-order valence-electron chi connectivity index (χ1n) is 7.85. The number of pyridine rings is 1. The van der Waals surface area contributed by atoms with Crippen LogP contribution in [0.25, 0.3) is 11.3 Å². The van der Waals surface area contributed by atoms with E-state index in [4.69, 9.17) is 4.98 Å². The number of nitrogens with zero attached hydrogens (tertiary/aromatic N) is 3. The van der Waals surface area contributed by atoms with Crippen molar-refractivity contribution in [3.05, 3.63) is 36.0 Å². The Balaban J connectivity index is 2.49.